The van der Waals surface area contributed by atoms with Crippen molar-refractivity contribution in [3.63, 3.8) is 0 Å². The van der Waals surface area contributed by atoms with Gasteiger partial charge in [0.2, 0.25) is 0 Å². The van der Waals surface area contributed by atoms with Crippen molar-refractivity contribution in [2.75, 3.05) is 7.11 Å². The van der Waals surface area contributed by atoms with Crippen LogP contribution in [0.4, 0.5) is 0 Å². The highest BCUT2D eigenvalue weighted by atomic mass is 16.5. The maximum absolute atomic E-state index is 11.2. The molecule has 0 aromatic rings. The van der Waals surface area contributed by atoms with E-state index in [9.17, 15) is 9.59 Å². The molecule has 0 N–H and O–H groups in total. The summed E-state index contributed by atoms with van der Waals surface area (Å²) in [4.78, 5) is 22.4. The van der Waals surface area contributed by atoms with Gasteiger partial charge in [0.1, 0.15) is 0 Å². The zero-order valence-electron chi connectivity index (χ0n) is 8.87. The van der Waals surface area contributed by atoms with Crippen LogP contribution < -0.4 is 0 Å². The number of carbonyl (C=O) groups is 2. The summed E-state index contributed by atoms with van der Waals surface area (Å²) in [5.74, 6) is 0.116. The Bertz CT molecular complexity index is 278. The van der Waals surface area contributed by atoms with E-state index < -0.39 is 0 Å². The molecule has 0 amide bonds. The first-order chi connectivity index (χ1) is 6.50. The third-order valence-electron chi connectivity index (χ3n) is 2.96. The number of ketones is 1. The van der Waals surface area contributed by atoms with Crippen molar-refractivity contribution in [1.82, 2.24) is 0 Å². The standard InChI is InChI=1S/C11H16O3/c1-8(2)11(7-10(13)14-3)5-4-9(12)6-11/h4-5,8H,6-7H2,1-3H3. The Morgan fingerprint density at radius 2 is 2.29 bits per heavy atom. The normalized spacial score (nSPS) is 25.9. The van der Waals surface area contributed by atoms with Crippen LogP contribution >= 0.6 is 0 Å². The van der Waals surface area contributed by atoms with Gasteiger partial charge in [0, 0.05) is 11.8 Å². The second-order valence-electron chi connectivity index (χ2n) is 4.12. The minimum Gasteiger partial charge on any atom is -0.469 e. The van der Waals surface area contributed by atoms with Gasteiger partial charge in [-0.3, -0.25) is 9.59 Å². The van der Waals surface area contributed by atoms with Gasteiger partial charge >= 0.3 is 5.97 Å². The second-order valence-corrected chi connectivity index (χ2v) is 4.12. The molecular formula is C11H16O3. The summed E-state index contributed by atoms with van der Waals surface area (Å²) in [7, 11) is 1.37. The van der Waals surface area contributed by atoms with E-state index in [1.807, 2.05) is 19.9 Å². The number of hydrogen-bond donors (Lipinski definition) is 0. The van der Waals surface area contributed by atoms with Crippen LogP contribution in [0.1, 0.15) is 26.7 Å². The topological polar surface area (TPSA) is 43.4 Å². The van der Waals surface area contributed by atoms with E-state index >= 15 is 0 Å². The molecule has 0 fully saturated rings. The van der Waals surface area contributed by atoms with Crippen LogP contribution in [0.2, 0.25) is 0 Å². The highest BCUT2D eigenvalue weighted by Crippen LogP contribution is 2.41. The number of rotatable bonds is 3. The SMILES string of the molecule is COC(=O)CC1(C(C)C)C=CC(=O)C1. The summed E-state index contributed by atoms with van der Waals surface area (Å²) in [5, 5.41) is 0. The quantitative estimate of drug-likeness (QED) is 0.645. The van der Waals surface area contributed by atoms with Gasteiger partial charge in [-0.15, -0.1) is 0 Å². The molecule has 0 radical (unpaired) electrons. The third-order valence-corrected chi connectivity index (χ3v) is 2.96. The van der Waals surface area contributed by atoms with E-state index in [4.69, 9.17) is 0 Å². The lowest BCUT2D eigenvalue weighted by molar-refractivity contribution is -0.143. The molecule has 78 valence electrons. The summed E-state index contributed by atoms with van der Waals surface area (Å²) in [5.41, 5.74) is -0.315. The number of allylic oxidation sites excluding steroid dienone is 2. The number of methoxy groups -OCH3 is 1. The lowest BCUT2D eigenvalue weighted by atomic mass is 9.74. The van der Waals surface area contributed by atoms with Gasteiger partial charge in [-0.25, -0.2) is 0 Å². The summed E-state index contributed by atoms with van der Waals surface area (Å²) in [6.07, 6.45) is 4.16. The lowest BCUT2D eigenvalue weighted by Crippen LogP contribution is -2.27. The van der Waals surface area contributed by atoms with Crippen LogP contribution in [-0.2, 0) is 14.3 Å². The van der Waals surface area contributed by atoms with Crippen molar-refractivity contribution in [1.29, 1.82) is 0 Å². The fourth-order valence-electron chi connectivity index (χ4n) is 1.76. The van der Waals surface area contributed by atoms with E-state index in [-0.39, 0.29) is 23.1 Å². The van der Waals surface area contributed by atoms with Crippen molar-refractivity contribution >= 4 is 11.8 Å². The van der Waals surface area contributed by atoms with Crippen molar-refractivity contribution in [3.8, 4) is 0 Å². The molecule has 0 aromatic carbocycles. The Kier molecular flexibility index (Phi) is 3.09. The van der Waals surface area contributed by atoms with Gasteiger partial charge in [0.25, 0.3) is 0 Å². The Hall–Kier alpha value is -1.12. The van der Waals surface area contributed by atoms with Gasteiger partial charge in [0.05, 0.1) is 13.5 Å². The Morgan fingerprint density at radius 3 is 2.64 bits per heavy atom. The molecule has 0 saturated carbocycles. The van der Waals surface area contributed by atoms with Crippen LogP contribution in [0.25, 0.3) is 0 Å². The zero-order chi connectivity index (χ0) is 10.8. The Labute approximate surface area is 84.1 Å². The molecule has 3 heteroatoms. The van der Waals surface area contributed by atoms with E-state index in [1.165, 1.54) is 7.11 Å². The van der Waals surface area contributed by atoms with Gasteiger partial charge in [-0.1, -0.05) is 19.9 Å². The van der Waals surface area contributed by atoms with Crippen LogP contribution in [-0.4, -0.2) is 18.9 Å². The first-order valence-corrected chi connectivity index (χ1v) is 4.79. The molecular weight excluding hydrogens is 180 g/mol. The van der Waals surface area contributed by atoms with Crippen molar-refractivity contribution in [3.05, 3.63) is 12.2 Å². The maximum Gasteiger partial charge on any atom is 0.306 e. The van der Waals surface area contributed by atoms with Crippen molar-refractivity contribution < 1.29 is 14.3 Å². The Morgan fingerprint density at radius 1 is 1.64 bits per heavy atom. The lowest BCUT2D eigenvalue weighted by Gasteiger charge is -2.29. The number of hydrogen-bond acceptors (Lipinski definition) is 3. The molecule has 0 heterocycles. The van der Waals surface area contributed by atoms with Gasteiger partial charge in [0.15, 0.2) is 5.78 Å². The summed E-state index contributed by atoms with van der Waals surface area (Å²) < 4.78 is 4.64. The molecule has 1 rings (SSSR count). The number of carbonyl (C=O) groups excluding carboxylic acids is 2. The van der Waals surface area contributed by atoms with E-state index in [0.717, 1.165) is 0 Å². The largest absolute Gasteiger partial charge is 0.469 e. The molecule has 14 heavy (non-hydrogen) atoms. The van der Waals surface area contributed by atoms with Crippen molar-refractivity contribution in [2.24, 2.45) is 11.3 Å². The van der Waals surface area contributed by atoms with Gasteiger partial charge in [-0.05, 0) is 12.0 Å². The minimum atomic E-state index is -0.315. The fraction of sp³-hybridized carbons (Fsp3) is 0.636. The van der Waals surface area contributed by atoms with Crippen LogP contribution in [0.15, 0.2) is 12.2 Å². The van der Waals surface area contributed by atoms with Crippen molar-refractivity contribution in [2.45, 2.75) is 26.7 Å². The monoisotopic (exact) mass is 196 g/mol. The summed E-state index contributed by atoms with van der Waals surface area (Å²) >= 11 is 0. The molecule has 1 aliphatic carbocycles. The average molecular weight is 196 g/mol. The summed E-state index contributed by atoms with van der Waals surface area (Å²) in [6.45, 7) is 4.04. The molecule has 1 unspecified atom stereocenters. The second kappa shape index (κ2) is 3.95. The molecule has 0 aromatic heterocycles. The smallest absolute Gasteiger partial charge is 0.306 e. The molecule has 3 nitrogen and oxygen atoms in total. The van der Waals surface area contributed by atoms with Crippen LogP contribution in [0.5, 0.6) is 0 Å². The first kappa shape index (κ1) is 11.0. The molecule has 1 atom stereocenters. The minimum absolute atomic E-state index is 0.0996. The molecule has 0 bridgehead atoms. The highest BCUT2D eigenvalue weighted by Gasteiger charge is 2.39. The molecule has 0 aliphatic heterocycles. The predicted octanol–water partition coefficient (Wildman–Crippen LogP) is 1.72. The van der Waals surface area contributed by atoms with E-state index in [1.54, 1.807) is 6.08 Å². The number of ether oxygens (including phenoxy) is 1. The maximum atomic E-state index is 11.2. The molecule has 0 saturated heterocycles. The molecule has 0 spiro atoms. The Balaban J connectivity index is 2.80. The van der Waals surface area contributed by atoms with Gasteiger partial charge in [-0.2, -0.15) is 0 Å². The van der Waals surface area contributed by atoms with Crippen LogP contribution in [0, 0.1) is 11.3 Å². The number of esters is 1. The first-order valence-electron chi connectivity index (χ1n) is 4.79. The van der Waals surface area contributed by atoms with Crippen LogP contribution in [0.3, 0.4) is 0 Å². The predicted molar refractivity (Wildman–Crippen MR) is 52.7 cm³/mol. The molecule has 1 aliphatic rings. The zero-order valence-corrected chi connectivity index (χ0v) is 8.87. The summed E-state index contributed by atoms with van der Waals surface area (Å²) in [6, 6.07) is 0. The fourth-order valence-corrected chi connectivity index (χ4v) is 1.76. The van der Waals surface area contributed by atoms with E-state index in [0.29, 0.717) is 12.8 Å². The average Bonchev–Trinajstić information content (AvgIpc) is 2.48. The highest BCUT2D eigenvalue weighted by molar-refractivity contribution is 5.93. The third kappa shape index (κ3) is 2.03. The van der Waals surface area contributed by atoms with Gasteiger partial charge < -0.3 is 4.74 Å². The van der Waals surface area contributed by atoms with E-state index in [2.05, 4.69) is 4.74 Å².